The maximum Gasteiger partial charge on any atom is 0.416 e. The number of nitrogens with two attached hydrogens (primary N) is 2. The molecule has 3 rings (SSSR count). The highest BCUT2D eigenvalue weighted by atomic mass is 32.1. The number of thiophene rings is 1. The molecule has 5 nitrogen and oxygen atoms in total. The van der Waals surface area contributed by atoms with E-state index in [4.69, 9.17) is 11.5 Å². The summed E-state index contributed by atoms with van der Waals surface area (Å²) in [6.45, 7) is 6.02. The van der Waals surface area contributed by atoms with Crippen molar-refractivity contribution in [3.05, 3.63) is 62.5 Å². The maximum atomic E-state index is 13.6. The van der Waals surface area contributed by atoms with Gasteiger partial charge in [-0.2, -0.15) is 18.3 Å². The van der Waals surface area contributed by atoms with E-state index in [2.05, 4.69) is 5.10 Å². The van der Waals surface area contributed by atoms with Crippen LogP contribution in [0.15, 0.2) is 30.5 Å². The van der Waals surface area contributed by atoms with E-state index in [1.165, 1.54) is 23.5 Å². The summed E-state index contributed by atoms with van der Waals surface area (Å²) in [7, 11) is 1.81. The summed E-state index contributed by atoms with van der Waals surface area (Å²) < 4.78 is 42.5. The first-order valence-corrected chi connectivity index (χ1v) is 11.1. The summed E-state index contributed by atoms with van der Waals surface area (Å²) in [5.41, 5.74) is 14.4. The molecule has 0 aliphatic carbocycles. The number of nitrogens with zero attached hydrogens (tertiary/aromatic N) is 2. The highest BCUT2D eigenvalue weighted by Crippen LogP contribution is 2.44. The molecule has 0 aliphatic rings. The molecule has 3 aromatic rings. The van der Waals surface area contributed by atoms with Gasteiger partial charge in [0.25, 0.3) is 5.91 Å². The predicted octanol–water partition coefficient (Wildman–Crippen LogP) is 4.98. The predicted molar refractivity (Wildman–Crippen MR) is 121 cm³/mol. The van der Waals surface area contributed by atoms with Crippen molar-refractivity contribution in [3.8, 4) is 11.3 Å². The van der Waals surface area contributed by atoms with Crippen molar-refractivity contribution in [2.45, 2.75) is 45.2 Å². The zero-order valence-electron chi connectivity index (χ0n) is 18.5. The molecule has 0 bridgehead atoms. The molecule has 1 aromatic carbocycles. The van der Waals surface area contributed by atoms with Crippen molar-refractivity contribution in [2.75, 3.05) is 6.54 Å². The number of amides is 1. The van der Waals surface area contributed by atoms with Gasteiger partial charge in [-0.15, -0.1) is 11.3 Å². The number of carbonyl (C=O) groups is 1. The zero-order valence-corrected chi connectivity index (χ0v) is 19.3. The van der Waals surface area contributed by atoms with Crippen molar-refractivity contribution in [1.82, 2.24) is 9.78 Å². The average Bonchev–Trinajstić information content (AvgIpc) is 3.25. The molecule has 4 N–H and O–H groups in total. The number of hydrogen-bond donors (Lipinski definition) is 2. The average molecular weight is 465 g/mol. The molecule has 0 fully saturated rings. The number of rotatable bonds is 7. The Morgan fingerprint density at radius 3 is 2.47 bits per heavy atom. The molecule has 32 heavy (non-hydrogen) atoms. The summed E-state index contributed by atoms with van der Waals surface area (Å²) >= 11 is 1.25. The minimum atomic E-state index is -4.48. The Morgan fingerprint density at radius 1 is 1.25 bits per heavy atom. The molecule has 0 aliphatic heterocycles. The molecule has 0 unspecified atom stereocenters. The van der Waals surface area contributed by atoms with E-state index in [1.54, 1.807) is 16.9 Å². The molecule has 2 aromatic heterocycles. The Bertz CT molecular complexity index is 1130. The standard InChI is InChI=1S/C23H27F3N4OS/c1-12(2)16-11-29-30(4)20(16)18-13(3)32-21(22(28)31)19(18)15(10-27)9-14-7-5-6-8-17(14)23(24,25)26/h5-8,11-12,15H,9-10,27H2,1-4H3,(H2,28,31)/t15-/m1/s1. The molecule has 172 valence electrons. The van der Waals surface area contributed by atoms with Crippen LogP contribution in [-0.4, -0.2) is 22.2 Å². The van der Waals surface area contributed by atoms with Crippen LogP contribution in [-0.2, 0) is 19.6 Å². The minimum Gasteiger partial charge on any atom is -0.365 e. The van der Waals surface area contributed by atoms with Crippen LogP contribution in [0.1, 0.15) is 62.5 Å². The highest BCUT2D eigenvalue weighted by molar-refractivity contribution is 7.14. The van der Waals surface area contributed by atoms with E-state index in [1.807, 2.05) is 27.8 Å². The Balaban J connectivity index is 2.23. The van der Waals surface area contributed by atoms with Crippen molar-refractivity contribution >= 4 is 17.2 Å². The molecule has 0 spiro atoms. The molecular formula is C23H27F3N4OS. The van der Waals surface area contributed by atoms with E-state index in [9.17, 15) is 18.0 Å². The molecule has 0 saturated heterocycles. The Labute approximate surface area is 189 Å². The number of primary amides is 1. The molecule has 0 saturated carbocycles. The maximum absolute atomic E-state index is 13.6. The van der Waals surface area contributed by atoms with Gasteiger partial charge in [-0.3, -0.25) is 9.48 Å². The Kier molecular flexibility index (Phi) is 6.80. The fourth-order valence-corrected chi connectivity index (χ4v) is 5.25. The lowest BCUT2D eigenvalue weighted by atomic mass is 9.85. The largest absolute Gasteiger partial charge is 0.416 e. The highest BCUT2D eigenvalue weighted by Gasteiger charge is 2.35. The van der Waals surface area contributed by atoms with Crippen molar-refractivity contribution in [1.29, 1.82) is 0 Å². The molecule has 1 amide bonds. The van der Waals surface area contributed by atoms with E-state index < -0.39 is 23.6 Å². The van der Waals surface area contributed by atoms with Gasteiger partial charge in [0, 0.05) is 29.0 Å². The summed E-state index contributed by atoms with van der Waals surface area (Å²) in [5.74, 6) is -0.990. The Hall–Kier alpha value is -2.65. The van der Waals surface area contributed by atoms with Crippen LogP contribution in [0.5, 0.6) is 0 Å². The molecule has 9 heteroatoms. The lowest BCUT2D eigenvalue weighted by Crippen LogP contribution is -2.21. The number of halogens is 3. The van der Waals surface area contributed by atoms with Crippen molar-refractivity contribution in [2.24, 2.45) is 18.5 Å². The summed E-state index contributed by atoms with van der Waals surface area (Å²) in [5, 5.41) is 4.39. The topological polar surface area (TPSA) is 86.9 Å². The molecular weight excluding hydrogens is 437 g/mol. The summed E-state index contributed by atoms with van der Waals surface area (Å²) in [6.07, 6.45) is -2.67. The van der Waals surface area contributed by atoms with Crippen molar-refractivity contribution in [3.63, 3.8) is 0 Å². The molecule has 0 radical (unpaired) electrons. The van der Waals surface area contributed by atoms with Crippen LogP contribution in [0.4, 0.5) is 13.2 Å². The van der Waals surface area contributed by atoms with Crippen LogP contribution < -0.4 is 11.5 Å². The lowest BCUT2D eigenvalue weighted by molar-refractivity contribution is -0.138. The second kappa shape index (κ2) is 9.07. The normalized spacial score (nSPS) is 13.0. The second-order valence-electron chi connectivity index (χ2n) is 8.16. The second-order valence-corrected chi connectivity index (χ2v) is 9.38. The van der Waals surface area contributed by atoms with Crippen LogP contribution in [0, 0.1) is 6.92 Å². The van der Waals surface area contributed by atoms with E-state index >= 15 is 0 Å². The third-order valence-electron chi connectivity index (χ3n) is 5.65. The van der Waals surface area contributed by atoms with Crippen molar-refractivity contribution < 1.29 is 18.0 Å². The van der Waals surface area contributed by atoms with Gasteiger partial charge >= 0.3 is 6.18 Å². The fourth-order valence-electron chi connectivity index (χ4n) is 4.16. The third kappa shape index (κ3) is 4.45. The number of aromatic nitrogens is 2. The van der Waals surface area contributed by atoms with E-state index in [-0.39, 0.29) is 24.4 Å². The quantitative estimate of drug-likeness (QED) is 0.517. The van der Waals surface area contributed by atoms with Gasteiger partial charge in [0.15, 0.2) is 0 Å². The van der Waals surface area contributed by atoms with Crippen LogP contribution in [0.2, 0.25) is 0 Å². The zero-order chi connectivity index (χ0) is 23.8. The Morgan fingerprint density at radius 2 is 1.91 bits per heavy atom. The van der Waals surface area contributed by atoms with Gasteiger partial charge in [0.2, 0.25) is 0 Å². The third-order valence-corrected chi connectivity index (χ3v) is 6.79. The van der Waals surface area contributed by atoms with Gasteiger partial charge in [-0.05, 0) is 43.0 Å². The summed E-state index contributed by atoms with van der Waals surface area (Å²) in [6, 6.07) is 5.46. The smallest absolute Gasteiger partial charge is 0.365 e. The first-order valence-electron chi connectivity index (χ1n) is 10.3. The van der Waals surface area contributed by atoms with E-state index in [0.29, 0.717) is 10.4 Å². The lowest BCUT2D eigenvalue weighted by Gasteiger charge is -2.21. The number of aryl methyl sites for hydroxylation is 2. The van der Waals surface area contributed by atoms with Crippen LogP contribution in [0.3, 0.4) is 0 Å². The fraction of sp³-hybridized carbons (Fsp3) is 0.391. The number of hydrogen-bond acceptors (Lipinski definition) is 4. The first-order chi connectivity index (χ1) is 15.0. The first kappa shape index (κ1) is 24.0. The van der Waals surface area contributed by atoms with Crippen LogP contribution >= 0.6 is 11.3 Å². The SMILES string of the molecule is Cc1sc(C(N)=O)c([C@@H](CN)Cc2ccccc2C(F)(F)F)c1-c1c(C(C)C)cnn1C. The van der Waals surface area contributed by atoms with Crippen LogP contribution in [0.25, 0.3) is 11.3 Å². The van der Waals surface area contributed by atoms with Gasteiger partial charge in [0.1, 0.15) is 0 Å². The summed E-state index contributed by atoms with van der Waals surface area (Å²) in [4.78, 5) is 13.5. The van der Waals surface area contributed by atoms with Gasteiger partial charge < -0.3 is 11.5 Å². The number of carbonyl (C=O) groups excluding carboxylic acids is 1. The number of benzene rings is 1. The molecule has 1 atom stereocenters. The van der Waals surface area contributed by atoms with E-state index in [0.717, 1.165) is 27.8 Å². The van der Waals surface area contributed by atoms with Gasteiger partial charge in [0.05, 0.1) is 22.3 Å². The molecule has 2 heterocycles. The van der Waals surface area contributed by atoms with Gasteiger partial charge in [-0.1, -0.05) is 32.0 Å². The van der Waals surface area contributed by atoms with Gasteiger partial charge in [-0.25, -0.2) is 0 Å². The number of alkyl halides is 3. The minimum absolute atomic E-state index is 0.0322. The monoisotopic (exact) mass is 464 g/mol.